The van der Waals surface area contributed by atoms with Crippen LogP contribution in [0.25, 0.3) is 5.57 Å². The number of aryl methyl sites for hydroxylation is 1. The van der Waals surface area contributed by atoms with E-state index in [-0.39, 0.29) is 0 Å². The van der Waals surface area contributed by atoms with Gasteiger partial charge in [-0.25, -0.2) is 0 Å². The van der Waals surface area contributed by atoms with E-state index < -0.39 is 0 Å². The molecule has 1 aliphatic carbocycles. The Morgan fingerprint density at radius 1 is 0.792 bits per heavy atom. The van der Waals surface area contributed by atoms with Crippen molar-refractivity contribution in [3.8, 4) is 0 Å². The molecule has 4 rings (SSSR count). The molecule has 1 heterocycles. The first-order valence-corrected chi connectivity index (χ1v) is 8.42. The van der Waals surface area contributed by atoms with Gasteiger partial charge in [-0.15, -0.1) is 0 Å². The van der Waals surface area contributed by atoms with E-state index in [0.717, 1.165) is 30.6 Å². The molecule has 0 saturated carbocycles. The number of pyridine rings is 1. The van der Waals surface area contributed by atoms with Crippen molar-refractivity contribution >= 4 is 16.9 Å². The summed E-state index contributed by atoms with van der Waals surface area (Å²) in [6.45, 7) is 0. The Hall–Kier alpha value is -2.87. The highest BCUT2D eigenvalue weighted by molar-refractivity contribution is 5.73. The van der Waals surface area contributed by atoms with E-state index in [9.17, 15) is 0 Å². The average Bonchev–Trinajstić information content (AvgIpc) is 3.05. The van der Waals surface area contributed by atoms with Crippen molar-refractivity contribution in [1.82, 2.24) is 4.98 Å². The highest BCUT2D eigenvalue weighted by atomic mass is 14.9. The van der Waals surface area contributed by atoms with Crippen LogP contribution in [0, 0.1) is 0 Å². The maximum absolute atomic E-state index is 4.03. The van der Waals surface area contributed by atoms with E-state index >= 15 is 0 Å². The molecule has 3 aromatic rings. The van der Waals surface area contributed by atoms with Gasteiger partial charge in [0.25, 0.3) is 0 Å². The largest absolute Gasteiger partial charge is 0.355 e. The predicted molar refractivity (Wildman–Crippen MR) is 100 cm³/mol. The first-order valence-electron chi connectivity index (χ1n) is 8.42. The van der Waals surface area contributed by atoms with Gasteiger partial charge in [0, 0.05) is 23.8 Å². The summed E-state index contributed by atoms with van der Waals surface area (Å²) in [5, 5.41) is 3.39. The van der Waals surface area contributed by atoms with Crippen LogP contribution in [0.15, 0.2) is 79.1 Å². The summed E-state index contributed by atoms with van der Waals surface area (Å²) in [4.78, 5) is 4.03. The number of nitrogens with zero attached hydrogens (tertiary/aromatic N) is 1. The lowest BCUT2D eigenvalue weighted by atomic mass is 9.99. The summed E-state index contributed by atoms with van der Waals surface area (Å²) in [6.07, 6.45) is 9.24. The van der Waals surface area contributed by atoms with E-state index in [1.807, 2.05) is 12.1 Å². The number of aromatic nitrogens is 1. The number of benzene rings is 2. The number of rotatable bonds is 5. The second kappa shape index (κ2) is 6.71. The van der Waals surface area contributed by atoms with Crippen LogP contribution in [-0.4, -0.2) is 4.98 Å². The van der Waals surface area contributed by atoms with E-state index in [4.69, 9.17) is 0 Å². The van der Waals surface area contributed by atoms with Gasteiger partial charge in [0.05, 0.1) is 0 Å². The summed E-state index contributed by atoms with van der Waals surface area (Å²) < 4.78 is 0. The van der Waals surface area contributed by atoms with Gasteiger partial charge in [-0.1, -0.05) is 42.5 Å². The van der Waals surface area contributed by atoms with Crippen LogP contribution >= 0.6 is 0 Å². The van der Waals surface area contributed by atoms with Crippen molar-refractivity contribution in [3.05, 3.63) is 95.8 Å². The van der Waals surface area contributed by atoms with Crippen molar-refractivity contribution < 1.29 is 0 Å². The number of hydrogen-bond donors (Lipinski definition) is 1. The van der Waals surface area contributed by atoms with Gasteiger partial charge in [0.1, 0.15) is 0 Å². The number of fused-ring (bicyclic) bond motifs is 1. The molecule has 1 N–H and O–H groups in total. The fraction of sp³-hybridized carbons (Fsp3) is 0.136. The zero-order valence-corrected chi connectivity index (χ0v) is 13.6. The normalized spacial score (nSPS) is 12.6. The molecule has 1 aromatic heterocycles. The van der Waals surface area contributed by atoms with Gasteiger partial charge in [-0.3, -0.25) is 4.98 Å². The molecule has 118 valence electrons. The Morgan fingerprint density at radius 2 is 1.54 bits per heavy atom. The van der Waals surface area contributed by atoms with Crippen molar-refractivity contribution in [2.24, 2.45) is 0 Å². The molecule has 0 bridgehead atoms. The van der Waals surface area contributed by atoms with Crippen molar-refractivity contribution in [2.45, 2.75) is 19.3 Å². The number of anilines is 2. The van der Waals surface area contributed by atoms with E-state index in [0.29, 0.717) is 0 Å². The second-order valence-corrected chi connectivity index (χ2v) is 6.15. The SMILES string of the molecule is C1=C(CCc2ccc(Nc3ccncc3)cc2)c2ccccc2C1. The topological polar surface area (TPSA) is 24.9 Å². The van der Waals surface area contributed by atoms with Gasteiger partial charge in [0.15, 0.2) is 0 Å². The number of hydrogen-bond acceptors (Lipinski definition) is 2. The van der Waals surface area contributed by atoms with Gasteiger partial charge in [0.2, 0.25) is 0 Å². The van der Waals surface area contributed by atoms with Crippen LogP contribution in [0.3, 0.4) is 0 Å². The smallest absolute Gasteiger partial charge is 0.0415 e. The predicted octanol–water partition coefficient (Wildman–Crippen LogP) is 5.40. The maximum atomic E-state index is 4.03. The Labute approximate surface area is 142 Å². The van der Waals surface area contributed by atoms with Gasteiger partial charge < -0.3 is 5.32 Å². The number of allylic oxidation sites excluding steroid dienone is 2. The molecular formula is C22H20N2. The number of nitrogens with one attached hydrogen (secondary N) is 1. The van der Waals surface area contributed by atoms with Gasteiger partial charge in [-0.2, -0.15) is 0 Å². The lowest BCUT2D eigenvalue weighted by molar-refractivity contribution is 1.02. The summed E-state index contributed by atoms with van der Waals surface area (Å²) in [6, 6.07) is 21.4. The van der Waals surface area contributed by atoms with Crippen LogP contribution in [-0.2, 0) is 12.8 Å². The fourth-order valence-electron chi connectivity index (χ4n) is 3.23. The molecule has 0 unspecified atom stereocenters. The van der Waals surface area contributed by atoms with Crippen LogP contribution in [0.4, 0.5) is 11.4 Å². The summed E-state index contributed by atoms with van der Waals surface area (Å²) in [7, 11) is 0. The molecule has 2 nitrogen and oxygen atoms in total. The highest BCUT2D eigenvalue weighted by Gasteiger charge is 2.12. The molecule has 2 heteroatoms. The highest BCUT2D eigenvalue weighted by Crippen LogP contribution is 2.30. The third-order valence-electron chi connectivity index (χ3n) is 4.54. The summed E-state index contributed by atoms with van der Waals surface area (Å²) in [5.74, 6) is 0. The third-order valence-corrected chi connectivity index (χ3v) is 4.54. The minimum atomic E-state index is 1.06. The van der Waals surface area contributed by atoms with Crippen LogP contribution in [0.2, 0.25) is 0 Å². The lowest BCUT2D eigenvalue weighted by Crippen LogP contribution is -1.92. The van der Waals surface area contributed by atoms with Crippen molar-refractivity contribution in [2.75, 3.05) is 5.32 Å². The van der Waals surface area contributed by atoms with Crippen LogP contribution in [0.1, 0.15) is 23.1 Å². The molecule has 2 aromatic carbocycles. The molecular weight excluding hydrogens is 292 g/mol. The van der Waals surface area contributed by atoms with Gasteiger partial charge in [-0.05, 0) is 65.8 Å². The van der Waals surface area contributed by atoms with E-state index in [1.165, 1.54) is 22.3 Å². The Bertz CT molecular complexity index is 849. The first kappa shape index (κ1) is 14.7. The van der Waals surface area contributed by atoms with Crippen LogP contribution < -0.4 is 5.32 Å². The molecule has 0 fully saturated rings. The minimum Gasteiger partial charge on any atom is -0.355 e. The third kappa shape index (κ3) is 3.23. The first-order chi connectivity index (χ1) is 11.9. The van der Waals surface area contributed by atoms with Crippen LogP contribution in [0.5, 0.6) is 0 Å². The van der Waals surface area contributed by atoms with Crippen molar-refractivity contribution in [1.29, 1.82) is 0 Å². The molecule has 0 atom stereocenters. The summed E-state index contributed by atoms with van der Waals surface area (Å²) in [5.41, 5.74) is 7.93. The molecule has 1 aliphatic rings. The van der Waals surface area contributed by atoms with E-state index in [2.05, 4.69) is 64.9 Å². The molecule has 0 radical (unpaired) electrons. The zero-order chi connectivity index (χ0) is 16.2. The molecule has 24 heavy (non-hydrogen) atoms. The quantitative estimate of drug-likeness (QED) is 0.682. The monoisotopic (exact) mass is 312 g/mol. The standard InChI is InChI=1S/C22H20N2/c1-2-4-22-18(3-1)9-10-19(22)8-5-17-6-11-20(12-7-17)24-21-13-15-23-16-14-21/h1-4,6-7,10-16H,5,8-9H2,(H,23,24). The Morgan fingerprint density at radius 3 is 2.38 bits per heavy atom. The zero-order valence-electron chi connectivity index (χ0n) is 13.6. The second-order valence-electron chi connectivity index (χ2n) is 6.15. The molecule has 0 saturated heterocycles. The molecule has 0 amide bonds. The van der Waals surface area contributed by atoms with Gasteiger partial charge >= 0.3 is 0 Å². The van der Waals surface area contributed by atoms with Crippen molar-refractivity contribution in [3.63, 3.8) is 0 Å². The maximum Gasteiger partial charge on any atom is 0.0415 e. The minimum absolute atomic E-state index is 1.06. The summed E-state index contributed by atoms with van der Waals surface area (Å²) >= 11 is 0. The van der Waals surface area contributed by atoms with E-state index in [1.54, 1.807) is 12.4 Å². The average molecular weight is 312 g/mol. The Balaban J connectivity index is 1.38. The Kier molecular flexibility index (Phi) is 4.11. The molecule has 0 spiro atoms. The fourth-order valence-corrected chi connectivity index (χ4v) is 3.23. The lowest BCUT2D eigenvalue weighted by Gasteiger charge is -2.08. The molecule has 0 aliphatic heterocycles.